The molecule has 1 heterocycles. The van der Waals surface area contributed by atoms with E-state index in [4.69, 9.17) is 5.21 Å². The highest BCUT2D eigenvalue weighted by molar-refractivity contribution is 6.19. The number of amides is 1. The molecule has 0 unspecified atom stereocenters. The van der Waals surface area contributed by atoms with Crippen LogP contribution in [0.5, 0.6) is 0 Å². The summed E-state index contributed by atoms with van der Waals surface area (Å²) in [4.78, 5) is 18.5. The van der Waals surface area contributed by atoms with Crippen LogP contribution in [0.4, 0.5) is 5.69 Å². The Labute approximate surface area is 146 Å². The van der Waals surface area contributed by atoms with Gasteiger partial charge in [0.15, 0.2) is 0 Å². The van der Waals surface area contributed by atoms with E-state index in [0.717, 1.165) is 28.1 Å². The topological polar surface area (TPSA) is 64.9 Å². The molecule has 1 amide bonds. The lowest BCUT2D eigenvalue weighted by molar-refractivity contribution is -0.116. The highest BCUT2D eigenvalue weighted by Crippen LogP contribution is 2.27. The van der Waals surface area contributed by atoms with Gasteiger partial charge in [-0.3, -0.25) is 20.5 Å². The Morgan fingerprint density at radius 2 is 2.04 bits per heavy atom. The minimum atomic E-state index is -0.0604. The molecule has 5 heteroatoms. The van der Waals surface area contributed by atoms with Gasteiger partial charge in [-0.05, 0) is 17.7 Å². The van der Waals surface area contributed by atoms with Gasteiger partial charge in [-0.15, -0.1) is 0 Å². The first-order valence-electron chi connectivity index (χ1n) is 7.88. The first kappa shape index (κ1) is 16.7. The van der Waals surface area contributed by atoms with E-state index in [2.05, 4.69) is 11.6 Å². The number of nitrogens with zero attached hydrogens (tertiary/aromatic N) is 2. The molecule has 1 aliphatic rings. The van der Waals surface area contributed by atoms with E-state index in [1.807, 2.05) is 60.1 Å². The highest BCUT2D eigenvalue weighted by Gasteiger charge is 2.22. The van der Waals surface area contributed by atoms with E-state index in [0.29, 0.717) is 5.70 Å². The van der Waals surface area contributed by atoms with Gasteiger partial charge < -0.3 is 4.90 Å². The summed E-state index contributed by atoms with van der Waals surface area (Å²) in [6.45, 7) is 3.75. The number of likely N-dealkylation sites (N-methyl/N-ethyl adjacent to an activating group) is 1. The molecule has 2 aromatic carbocycles. The average molecular weight is 333 g/mol. The number of benzodiazepines with no additional fused rings is 1. The molecule has 0 saturated carbocycles. The number of carbonyl (C=O) groups is 1. The number of hydrogen-bond donors (Lipinski definition) is 2. The van der Waals surface area contributed by atoms with Crippen molar-refractivity contribution in [1.29, 1.82) is 0 Å². The molecule has 3 rings (SSSR count). The fraction of sp³-hybridized carbons (Fsp3) is 0.100. The normalized spacial score (nSPS) is 14.1. The number of aliphatic imine (C=N–C) groups is 1. The Balaban J connectivity index is 2.08. The number of hydrogen-bond acceptors (Lipinski definition) is 4. The van der Waals surface area contributed by atoms with Crippen LogP contribution in [0, 0.1) is 0 Å². The summed E-state index contributed by atoms with van der Waals surface area (Å²) >= 11 is 0. The number of carbonyl (C=O) groups excluding carboxylic acids is 1. The fourth-order valence-corrected chi connectivity index (χ4v) is 2.68. The van der Waals surface area contributed by atoms with Crippen molar-refractivity contribution in [3.8, 4) is 0 Å². The Morgan fingerprint density at radius 1 is 1.28 bits per heavy atom. The third kappa shape index (κ3) is 3.51. The number of nitrogens with one attached hydrogen (secondary N) is 1. The highest BCUT2D eigenvalue weighted by atomic mass is 16.5. The lowest BCUT2D eigenvalue weighted by atomic mass is 9.98. The van der Waals surface area contributed by atoms with Gasteiger partial charge >= 0.3 is 0 Å². The number of anilines is 1. The molecule has 0 aliphatic carbocycles. The van der Waals surface area contributed by atoms with Crippen molar-refractivity contribution in [2.24, 2.45) is 4.99 Å². The van der Waals surface area contributed by atoms with Crippen molar-refractivity contribution in [1.82, 2.24) is 5.48 Å². The maximum atomic E-state index is 12.3. The molecule has 2 N–H and O–H groups in total. The molecular formula is C20H19N3O2. The van der Waals surface area contributed by atoms with Crippen LogP contribution < -0.4 is 10.4 Å². The van der Waals surface area contributed by atoms with E-state index in [-0.39, 0.29) is 12.5 Å². The van der Waals surface area contributed by atoms with Crippen molar-refractivity contribution in [2.45, 2.75) is 0 Å². The van der Waals surface area contributed by atoms with Gasteiger partial charge in [0, 0.05) is 18.2 Å². The zero-order valence-electron chi connectivity index (χ0n) is 13.9. The fourth-order valence-electron chi connectivity index (χ4n) is 2.68. The SMILES string of the molecule is C=C(/C=C/c1ccc2c(c1)N(C)C(=O)CN=C2c1ccccc1)NO. The van der Waals surface area contributed by atoms with E-state index in [9.17, 15) is 4.79 Å². The van der Waals surface area contributed by atoms with Crippen molar-refractivity contribution in [3.05, 3.63) is 83.6 Å². The minimum Gasteiger partial charge on any atom is -0.313 e. The van der Waals surface area contributed by atoms with Crippen LogP contribution in [0.1, 0.15) is 16.7 Å². The van der Waals surface area contributed by atoms with Crippen LogP contribution >= 0.6 is 0 Å². The number of fused-ring (bicyclic) bond motifs is 1. The second kappa shape index (κ2) is 7.15. The maximum absolute atomic E-state index is 12.3. The van der Waals surface area contributed by atoms with Crippen molar-refractivity contribution in [3.63, 3.8) is 0 Å². The summed E-state index contributed by atoms with van der Waals surface area (Å²) in [7, 11) is 1.76. The molecule has 0 radical (unpaired) electrons. The van der Waals surface area contributed by atoms with Gasteiger partial charge in [0.25, 0.3) is 0 Å². The van der Waals surface area contributed by atoms with E-state index < -0.39 is 0 Å². The summed E-state index contributed by atoms with van der Waals surface area (Å²) in [5, 5.41) is 8.81. The van der Waals surface area contributed by atoms with E-state index >= 15 is 0 Å². The number of hydroxylamine groups is 1. The van der Waals surface area contributed by atoms with Crippen LogP contribution in [-0.4, -0.2) is 30.4 Å². The largest absolute Gasteiger partial charge is 0.313 e. The van der Waals surface area contributed by atoms with Gasteiger partial charge in [-0.2, -0.15) is 0 Å². The van der Waals surface area contributed by atoms with Crippen molar-refractivity contribution >= 4 is 23.4 Å². The van der Waals surface area contributed by atoms with Gasteiger partial charge in [0.2, 0.25) is 5.91 Å². The maximum Gasteiger partial charge on any atom is 0.248 e. The number of benzene rings is 2. The lowest BCUT2D eigenvalue weighted by Gasteiger charge is -2.18. The van der Waals surface area contributed by atoms with Crippen LogP contribution in [0.2, 0.25) is 0 Å². The molecular weight excluding hydrogens is 314 g/mol. The molecule has 1 aliphatic heterocycles. The summed E-state index contributed by atoms with van der Waals surface area (Å²) in [6.07, 6.45) is 3.47. The van der Waals surface area contributed by atoms with Crippen LogP contribution in [-0.2, 0) is 4.79 Å². The van der Waals surface area contributed by atoms with Gasteiger partial charge in [0.05, 0.1) is 17.1 Å². The van der Waals surface area contributed by atoms with Crippen LogP contribution in [0.25, 0.3) is 6.08 Å². The Hall–Kier alpha value is -3.18. The molecule has 0 atom stereocenters. The second-order valence-corrected chi connectivity index (χ2v) is 5.73. The molecule has 0 saturated heterocycles. The molecule has 0 bridgehead atoms. The zero-order valence-corrected chi connectivity index (χ0v) is 13.9. The predicted molar refractivity (Wildman–Crippen MR) is 99.9 cm³/mol. The summed E-state index contributed by atoms with van der Waals surface area (Å²) in [5.74, 6) is -0.0604. The predicted octanol–water partition coefficient (Wildman–Crippen LogP) is 3.01. The lowest BCUT2D eigenvalue weighted by Crippen LogP contribution is -2.27. The quantitative estimate of drug-likeness (QED) is 0.668. The Kier molecular flexibility index (Phi) is 4.77. The first-order chi connectivity index (χ1) is 12.1. The molecule has 0 spiro atoms. The minimum absolute atomic E-state index is 0.0604. The summed E-state index contributed by atoms with van der Waals surface area (Å²) in [6, 6.07) is 15.7. The summed E-state index contributed by atoms with van der Waals surface area (Å²) in [5.41, 5.74) is 6.76. The molecule has 2 aromatic rings. The molecule has 5 nitrogen and oxygen atoms in total. The van der Waals surface area contributed by atoms with Gasteiger partial charge in [-0.1, -0.05) is 55.1 Å². The smallest absolute Gasteiger partial charge is 0.248 e. The van der Waals surface area contributed by atoms with E-state index in [1.165, 1.54) is 0 Å². The zero-order chi connectivity index (χ0) is 17.8. The molecule has 126 valence electrons. The monoisotopic (exact) mass is 333 g/mol. The molecule has 0 fully saturated rings. The van der Waals surface area contributed by atoms with Crippen LogP contribution in [0.3, 0.4) is 0 Å². The first-order valence-corrected chi connectivity index (χ1v) is 7.88. The number of allylic oxidation sites excluding steroid dienone is 1. The average Bonchev–Trinajstić information content (AvgIpc) is 2.78. The van der Waals surface area contributed by atoms with Gasteiger partial charge in [-0.25, -0.2) is 0 Å². The van der Waals surface area contributed by atoms with Crippen LogP contribution in [0.15, 0.2) is 71.9 Å². The van der Waals surface area contributed by atoms with Crippen molar-refractivity contribution in [2.75, 3.05) is 18.5 Å². The van der Waals surface area contributed by atoms with Crippen molar-refractivity contribution < 1.29 is 10.0 Å². The van der Waals surface area contributed by atoms with E-state index in [1.54, 1.807) is 18.0 Å². The molecule has 0 aromatic heterocycles. The standard InChI is InChI=1S/C20H19N3O2/c1-14(22-25)8-9-15-10-11-17-18(12-15)23(2)19(24)13-21-20(17)16-6-4-3-5-7-16/h3-12,22,25H,1,13H2,2H3/b9-8+. The number of rotatable bonds is 4. The Morgan fingerprint density at radius 3 is 2.76 bits per heavy atom. The third-order valence-electron chi connectivity index (χ3n) is 4.05. The third-order valence-corrected chi connectivity index (χ3v) is 4.05. The summed E-state index contributed by atoms with van der Waals surface area (Å²) < 4.78 is 0. The van der Waals surface area contributed by atoms with Gasteiger partial charge in [0.1, 0.15) is 6.54 Å². The Bertz CT molecular complexity index is 870. The molecule has 25 heavy (non-hydrogen) atoms. The second-order valence-electron chi connectivity index (χ2n) is 5.73.